The van der Waals surface area contributed by atoms with Crippen LogP contribution in [0.5, 0.6) is 0 Å². The average Bonchev–Trinajstić information content (AvgIpc) is 3.12. The topological polar surface area (TPSA) is 71.8 Å². The van der Waals surface area contributed by atoms with Crippen LogP contribution in [0.15, 0.2) is 42.9 Å². The summed E-state index contributed by atoms with van der Waals surface area (Å²) in [4.78, 5) is 16.8. The Balaban J connectivity index is 1.91. The number of nitrogens with zero attached hydrogens (tertiary/aromatic N) is 5. The molecule has 0 saturated carbocycles. The van der Waals surface area contributed by atoms with Gasteiger partial charge in [-0.3, -0.25) is 4.98 Å². The first kappa shape index (κ1) is 12.7. The zero-order valence-electron chi connectivity index (χ0n) is 12.3. The quantitative estimate of drug-likeness (QED) is 0.616. The van der Waals surface area contributed by atoms with Crippen LogP contribution in [0.1, 0.15) is 11.5 Å². The molecule has 0 aliphatic rings. The Bertz CT molecular complexity index is 966. The molecule has 22 heavy (non-hydrogen) atoms. The molecule has 0 fully saturated rings. The highest BCUT2D eigenvalue weighted by molar-refractivity contribution is 5.78. The van der Waals surface area contributed by atoms with Crippen LogP contribution >= 0.6 is 0 Å². The molecule has 0 bridgehead atoms. The van der Waals surface area contributed by atoms with Crippen molar-refractivity contribution in [2.24, 2.45) is 0 Å². The molecule has 4 aromatic heterocycles. The van der Waals surface area contributed by atoms with E-state index in [9.17, 15) is 0 Å². The highest BCUT2D eigenvalue weighted by Crippen LogP contribution is 2.29. The number of H-pyrrole nitrogens is 1. The lowest BCUT2D eigenvalue weighted by Gasteiger charge is -2.04. The molecule has 0 saturated heterocycles. The molecule has 4 aromatic rings. The van der Waals surface area contributed by atoms with E-state index in [1.807, 2.05) is 50.4 Å². The van der Waals surface area contributed by atoms with Crippen LogP contribution in [-0.2, 0) is 0 Å². The predicted octanol–water partition coefficient (Wildman–Crippen LogP) is 2.80. The lowest BCUT2D eigenvalue weighted by molar-refractivity contribution is 0.961. The summed E-state index contributed by atoms with van der Waals surface area (Å²) < 4.78 is 1.73. The summed E-state index contributed by atoms with van der Waals surface area (Å²) in [6, 6.07) is 9.92. The summed E-state index contributed by atoms with van der Waals surface area (Å²) in [5.74, 6) is 0.856. The monoisotopic (exact) mass is 290 g/mol. The van der Waals surface area contributed by atoms with Crippen molar-refractivity contribution in [3.63, 3.8) is 0 Å². The van der Waals surface area contributed by atoms with Crippen LogP contribution in [0, 0.1) is 13.8 Å². The molecule has 0 unspecified atom stereocenters. The molecule has 0 aliphatic carbocycles. The van der Waals surface area contributed by atoms with Crippen LogP contribution in [0.3, 0.4) is 0 Å². The average molecular weight is 290 g/mol. The lowest BCUT2D eigenvalue weighted by atomic mass is 10.1. The van der Waals surface area contributed by atoms with E-state index in [2.05, 4.69) is 25.0 Å². The van der Waals surface area contributed by atoms with Crippen LogP contribution in [0.2, 0.25) is 0 Å². The minimum atomic E-state index is 0.793. The van der Waals surface area contributed by atoms with E-state index in [1.54, 1.807) is 4.52 Å². The summed E-state index contributed by atoms with van der Waals surface area (Å²) in [5.41, 5.74) is 5.44. The third-order valence-electron chi connectivity index (χ3n) is 3.52. The number of nitrogens with one attached hydrogen (secondary N) is 1. The standard InChI is InChI=1S/C16H14N6/c1-10-4-3-5-13(19-10)16-15(20-11(2)21-16)12-6-7-22-14(8-12)17-9-18-22/h3-9H,1-2H3,(H,20,21). The van der Waals surface area contributed by atoms with Crippen molar-refractivity contribution < 1.29 is 0 Å². The molecule has 1 N–H and O–H groups in total. The number of aromatic nitrogens is 6. The molecule has 0 amide bonds. The van der Waals surface area contributed by atoms with Crippen LogP contribution in [-0.4, -0.2) is 29.5 Å². The number of pyridine rings is 2. The van der Waals surface area contributed by atoms with Gasteiger partial charge in [-0.05, 0) is 38.1 Å². The fraction of sp³-hybridized carbons (Fsp3) is 0.125. The molecule has 4 rings (SSSR count). The molecular weight excluding hydrogens is 276 g/mol. The molecule has 0 atom stereocenters. The maximum atomic E-state index is 4.63. The number of hydrogen-bond acceptors (Lipinski definition) is 4. The summed E-state index contributed by atoms with van der Waals surface area (Å²) in [6.45, 7) is 3.92. The number of aromatic amines is 1. The minimum absolute atomic E-state index is 0.793. The van der Waals surface area contributed by atoms with Gasteiger partial charge >= 0.3 is 0 Å². The molecular formula is C16H14N6. The zero-order valence-corrected chi connectivity index (χ0v) is 12.3. The number of aryl methyl sites for hydroxylation is 2. The summed E-state index contributed by atoms with van der Waals surface area (Å²) in [6.07, 6.45) is 3.42. The van der Waals surface area contributed by atoms with Gasteiger partial charge in [0.1, 0.15) is 12.2 Å². The number of fused-ring (bicyclic) bond motifs is 1. The second-order valence-electron chi connectivity index (χ2n) is 5.19. The summed E-state index contributed by atoms with van der Waals surface area (Å²) in [7, 11) is 0. The second-order valence-corrected chi connectivity index (χ2v) is 5.19. The summed E-state index contributed by atoms with van der Waals surface area (Å²) in [5, 5.41) is 4.12. The fourth-order valence-electron chi connectivity index (χ4n) is 2.53. The minimum Gasteiger partial charge on any atom is -0.340 e. The van der Waals surface area contributed by atoms with Crippen molar-refractivity contribution in [3.05, 3.63) is 54.4 Å². The van der Waals surface area contributed by atoms with Crippen molar-refractivity contribution in [2.45, 2.75) is 13.8 Å². The van der Waals surface area contributed by atoms with Crippen LogP contribution in [0.25, 0.3) is 28.3 Å². The third kappa shape index (κ3) is 2.05. The van der Waals surface area contributed by atoms with Crippen molar-refractivity contribution >= 4 is 5.65 Å². The Kier molecular flexibility index (Phi) is 2.75. The second kappa shape index (κ2) is 4.77. The maximum absolute atomic E-state index is 4.63. The predicted molar refractivity (Wildman–Crippen MR) is 83.3 cm³/mol. The Morgan fingerprint density at radius 1 is 1.09 bits per heavy atom. The Labute approximate surface area is 126 Å². The van der Waals surface area contributed by atoms with E-state index < -0.39 is 0 Å². The number of rotatable bonds is 2. The summed E-state index contributed by atoms with van der Waals surface area (Å²) >= 11 is 0. The zero-order chi connectivity index (χ0) is 15.1. The number of imidazole rings is 1. The van der Waals surface area contributed by atoms with Crippen molar-refractivity contribution in [3.8, 4) is 22.6 Å². The molecule has 6 heteroatoms. The van der Waals surface area contributed by atoms with E-state index in [1.165, 1.54) is 6.33 Å². The normalized spacial score (nSPS) is 11.2. The van der Waals surface area contributed by atoms with Gasteiger partial charge in [-0.2, -0.15) is 5.10 Å². The Hall–Kier alpha value is -3.02. The Morgan fingerprint density at radius 3 is 2.86 bits per heavy atom. The van der Waals surface area contributed by atoms with Crippen LogP contribution in [0.4, 0.5) is 0 Å². The molecule has 0 aromatic carbocycles. The Morgan fingerprint density at radius 2 is 2.00 bits per heavy atom. The van der Waals surface area contributed by atoms with Crippen molar-refractivity contribution in [1.82, 2.24) is 29.5 Å². The molecule has 108 valence electrons. The first-order valence-corrected chi connectivity index (χ1v) is 7.01. The van der Waals surface area contributed by atoms with E-state index in [4.69, 9.17) is 0 Å². The molecule has 0 aliphatic heterocycles. The molecule has 6 nitrogen and oxygen atoms in total. The van der Waals surface area contributed by atoms with Gasteiger partial charge in [0, 0.05) is 17.5 Å². The van der Waals surface area contributed by atoms with E-state index in [0.717, 1.165) is 39.8 Å². The first-order valence-electron chi connectivity index (χ1n) is 7.01. The van der Waals surface area contributed by atoms with Gasteiger partial charge in [-0.15, -0.1) is 0 Å². The van der Waals surface area contributed by atoms with Gasteiger partial charge < -0.3 is 4.98 Å². The molecule has 0 radical (unpaired) electrons. The van der Waals surface area contributed by atoms with Gasteiger partial charge in [0.2, 0.25) is 0 Å². The largest absolute Gasteiger partial charge is 0.340 e. The smallest absolute Gasteiger partial charge is 0.155 e. The molecule has 4 heterocycles. The first-order chi connectivity index (χ1) is 10.7. The maximum Gasteiger partial charge on any atom is 0.155 e. The SMILES string of the molecule is Cc1cccc(-c2[nH]c(C)nc2-c2ccn3ncnc3c2)n1. The van der Waals surface area contributed by atoms with Gasteiger partial charge in [0.25, 0.3) is 0 Å². The van der Waals surface area contributed by atoms with E-state index >= 15 is 0 Å². The van der Waals surface area contributed by atoms with E-state index in [-0.39, 0.29) is 0 Å². The molecule has 0 spiro atoms. The van der Waals surface area contributed by atoms with Gasteiger partial charge in [0.05, 0.1) is 17.1 Å². The lowest BCUT2D eigenvalue weighted by Crippen LogP contribution is -1.91. The highest BCUT2D eigenvalue weighted by Gasteiger charge is 2.14. The van der Waals surface area contributed by atoms with Gasteiger partial charge in [-0.1, -0.05) is 6.07 Å². The third-order valence-corrected chi connectivity index (χ3v) is 3.52. The highest BCUT2D eigenvalue weighted by atomic mass is 15.3. The fourth-order valence-corrected chi connectivity index (χ4v) is 2.53. The van der Waals surface area contributed by atoms with Crippen molar-refractivity contribution in [1.29, 1.82) is 0 Å². The van der Waals surface area contributed by atoms with Crippen LogP contribution < -0.4 is 0 Å². The van der Waals surface area contributed by atoms with Gasteiger partial charge in [0.15, 0.2) is 5.65 Å². The van der Waals surface area contributed by atoms with E-state index in [0.29, 0.717) is 0 Å². The van der Waals surface area contributed by atoms with Gasteiger partial charge in [-0.25, -0.2) is 14.5 Å². The number of hydrogen-bond donors (Lipinski definition) is 1. The van der Waals surface area contributed by atoms with Crippen molar-refractivity contribution in [2.75, 3.05) is 0 Å².